The summed E-state index contributed by atoms with van der Waals surface area (Å²) in [4.78, 5) is 60.6. The molecule has 1 aliphatic carbocycles. The summed E-state index contributed by atoms with van der Waals surface area (Å²) in [6.45, 7) is 7.37. The zero-order valence-corrected chi connectivity index (χ0v) is 33.8. The maximum Gasteiger partial charge on any atom is 0.315 e. The lowest BCUT2D eigenvalue weighted by molar-refractivity contribution is -0.121. The van der Waals surface area contributed by atoms with Crippen LogP contribution >= 0.6 is 11.8 Å². The highest BCUT2D eigenvalue weighted by atomic mass is 32.2. The van der Waals surface area contributed by atoms with Crippen molar-refractivity contribution in [2.75, 3.05) is 77.0 Å². The van der Waals surface area contributed by atoms with Gasteiger partial charge in [0.1, 0.15) is 5.76 Å². The number of allylic oxidation sites excluding steroid dienone is 2. The van der Waals surface area contributed by atoms with Crippen LogP contribution in [-0.4, -0.2) is 128 Å². The molecule has 4 rings (SSSR count). The first-order valence-electron chi connectivity index (χ1n) is 19.6. The third-order valence-electron chi connectivity index (χ3n) is 9.44. The second kappa shape index (κ2) is 24.5. The topological polar surface area (TPSA) is 248 Å². The van der Waals surface area contributed by atoms with Gasteiger partial charge < -0.3 is 45.3 Å². The molecule has 1 aromatic rings. The van der Waals surface area contributed by atoms with Crippen molar-refractivity contribution < 1.29 is 43.2 Å². The largest absolute Gasteiger partial charge is 0.511 e. The van der Waals surface area contributed by atoms with Gasteiger partial charge in [-0.3, -0.25) is 24.4 Å². The van der Waals surface area contributed by atoms with Crippen LogP contribution in [0.2, 0.25) is 0 Å². The fourth-order valence-corrected chi connectivity index (χ4v) is 8.21. The monoisotopic (exact) mass is 815 g/mol. The first-order chi connectivity index (χ1) is 27.5. The molecule has 2 fully saturated rings. The number of nitrogens with zero attached hydrogens (tertiary/aromatic N) is 5. The van der Waals surface area contributed by atoms with Crippen LogP contribution in [0.5, 0.6) is 0 Å². The normalized spacial score (nSPS) is 20.1. The number of pyridine rings is 1. The molecule has 19 heteroatoms. The van der Waals surface area contributed by atoms with E-state index in [4.69, 9.17) is 24.5 Å². The molecule has 1 aromatic heterocycles. The van der Waals surface area contributed by atoms with E-state index in [2.05, 4.69) is 41.3 Å². The van der Waals surface area contributed by atoms with E-state index in [1.54, 1.807) is 12.1 Å². The lowest BCUT2D eigenvalue weighted by atomic mass is 9.75. The van der Waals surface area contributed by atoms with E-state index >= 15 is 0 Å². The number of carbonyl (C=O) groups is 4. The molecule has 2 aliphatic heterocycles. The number of hydrogen-bond acceptors (Lipinski definition) is 13. The number of anilines is 1. The van der Waals surface area contributed by atoms with Gasteiger partial charge in [0.05, 0.1) is 94.7 Å². The average molecular weight is 816 g/mol. The summed E-state index contributed by atoms with van der Waals surface area (Å²) < 4.78 is 22.4. The summed E-state index contributed by atoms with van der Waals surface area (Å²) in [7, 11) is 0. The Morgan fingerprint density at radius 2 is 1.68 bits per heavy atom. The van der Waals surface area contributed by atoms with Crippen molar-refractivity contribution in [3.05, 3.63) is 45.8 Å². The number of aliphatic hydroxyl groups excluding tert-OH is 1. The number of thioether (sulfide) groups is 1. The standard InChI is InChI=1S/C38H57N9O9S/c1-38(2)21-30(48)35(31(49)22-38)28(40-11-9-34(51)44-27-8-7-26(42-23-27)24-43-47-39)10-13-53-15-17-55-19-20-56-18-16-54-14-12-41-33(50)6-4-3-5-32-36-29(25-57-32)45-37(52)46-36/h7-8,23,29,32,36,48H,3-6,9-22,24-25H2,1-2H3,(H,41,50)(H,44,51)(H2,45,46,52)/t29?,32-,36?/m0/s1. The number of ketones is 1. The molecule has 5 N–H and O–H groups in total. The van der Waals surface area contributed by atoms with Crippen molar-refractivity contribution in [3.63, 3.8) is 0 Å². The van der Waals surface area contributed by atoms with Gasteiger partial charge >= 0.3 is 6.03 Å². The minimum atomic E-state index is -0.360. The van der Waals surface area contributed by atoms with E-state index in [0.717, 1.165) is 25.0 Å². The summed E-state index contributed by atoms with van der Waals surface area (Å²) in [6, 6.07) is 3.67. The minimum absolute atomic E-state index is 0.00192. The zero-order chi connectivity index (χ0) is 40.9. The molecule has 18 nitrogen and oxygen atoms in total. The molecule has 2 saturated heterocycles. The summed E-state index contributed by atoms with van der Waals surface area (Å²) in [5.74, 6) is 0.476. The quantitative estimate of drug-likeness (QED) is 0.0211. The van der Waals surface area contributed by atoms with E-state index in [-0.39, 0.29) is 91.4 Å². The summed E-state index contributed by atoms with van der Waals surface area (Å²) in [5.41, 5.74) is 9.77. The first kappa shape index (κ1) is 45.4. The first-order valence-corrected chi connectivity index (χ1v) is 20.6. The Morgan fingerprint density at radius 3 is 2.37 bits per heavy atom. The van der Waals surface area contributed by atoms with Crippen LogP contribution in [0.25, 0.3) is 10.4 Å². The molecule has 2 unspecified atom stereocenters. The number of Topliss-reactive ketones (excluding diaryl/α,β-unsaturated/α-hetero) is 1. The Hall–Kier alpha value is -4.26. The molecule has 0 saturated carbocycles. The highest BCUT2D eigenvalue weighted by Gasteiger charge is 2.42. The van der Waals surface area contributed by atoms with Crippen molar-refractivity contribution in [1.29, 1.82) is 0 Å². The summed E-state index contributed by atoms with van der Waals surface area (Å²) in [5, 5.41) is 26.2. The number of rotatable bonds is 27. The van der Waals surface area contributed by atoms with Crippen LogP contribution in [0.1, 0.15) is 70.9 Å². The zero-order valence-electron chi connectivity index (χ0n) is 33.0. The number of fused-ring (bicyclic) bond motifs is 1. The van der Waals surface area contributed by atoms with Gasteiger partial charge in [0, 0.05) is 66.8 Å². The maximum atomic E-state index is 13.1. The number of azide groups is 1. The van der Waals surface area contributed by atoms with Gasteiger partial charge in [-0.15, -0.1) is 0 Å². The molecular formula is C38H57N9O9S. The van der Waals surface area contributed by atoms with E-state index in [1.165, 1.54) is 6.20 Å². The minimum Gasteiger partial charge on any atom is -0.511 e. The molecule has 57 heavy (non-hydrogen) atoms. The highest BCUT2D eigenvalue weighted by Crippen LogP contribution is 2.36. The van der Waals surface area contributed by atoms with Crippen LogP contribution in [-0.2, 0) is 39.9 Å². The molecule has 0 spiro atoms. The Balaban J connectivity index is 1.01. The number of amides is 4. The molecule has 0 aromatic carbocycles. The third kappa shape index (κ3) is 16.6. The van der Waals surface area contributed by atoms with Gasteiger partial charge in [-0.2, -0.15) is 11.8 Å². The summed E-state index contributed by atoms with van der Waals surface area (Å²) in [6.07, 6.45) is 5.65. The Morgan fingerprint density at radius 1 is 0.965 bits per heavy atom. The predicted molar refractivity (Wildman–Crippen MR) is 215 cm³/mol. The number of nitrogens with one attached hydrogen (secondary N) is 4. The van der Waals surface area contributed by atoms with Gasteiger partial charge in [0.25, 0.3) is 0 Å². The predicted octanol–water partition coefficient (Wildman–Crippen LogP) is 4.16. The van der Waals surface area contributed by atoms with Crippen LogP contribution in [0.15, 0.2) is 39.8 Å². The van der Waals surface area contributed by atoms with E-state index in [1.807, 2.05) is 25.6 Å². The molecule has 3 heterocycles. The number of carbonyl (C=O) groups excluding carboxylic acids is 4. The number of aliphatic imine (C=N–C) groups is 1. The van der Waals surface area contributed by atoms with E-state index in [0.29, 0.717) is 88.0 Å². The highest BCUT2D eigenvalue weighted by molar-refractivity contribution is 8.00. The van der Waals surface area contributed by atoms with Gasteiger partial charge in [0.2, 0.25) is 11.8 Å². The van der Waals surface area contributed by atoms with Crippen molar-refractivity contribution in [3.8, 4) is 0 Å². The van der Waals surface area contributed by atoms with Crippen molar-refractivity contribution in [1.82, 2.24) is 20.9 Å². The Bertz CT molecular complexity index is 1600. The average Bonchev–Trinajstić information content (AvgIpc) is 3.72. The lowest BCUT2D eigenvalue weighted by Crippen LogP contribution is -2.36. The fraction of sp³-hybridized carbons (Fsp3) is 0.684. The van der Waals surface area contributed by atoms with Gasteiger partial charge in [-0.1, -0.05) is 25.4 Å². The van der Waals surface area contributed by atoms with Crippen molar-refractivity contribution >= 4 is 46.8 Å². The van der Waals surface area contributed by atoms with Gasteiger partial charge in [-0.05, 0) is 35.9 Å². The molecule has 3 atom stereocenters. The number of hydrogen-bond donors (Lipinski definition) is 5. The number of aliphatic hydroxyl groups is 1. The van der Waals surface area contributed by atoms with Crippen molar-refractivity contribution in [2.45, 2.75) is 89.1 Å². The SMILES string of the molecule is CC1(C)CC(=O)C(C(CCOCCOCCOCCOCCNC(=O)CCCC[C@@H]2SCC3NC(=O)NC32)=NCCC(=O)Nc2ccc(CN=[N+]=[N-])nc2)=C(O)C1. The number of unbranched alkanes of at least 4 members (excludes halogenated alkanes) is 1. The van der Waals surface area contributed by atoms with Crippen LogP contribution in [0.3, 0.4) is 0 Å². The Kier molecular flexibility index (Phi) is 19.5. The van der Waals surface area contributed by atoms with Crippen LogP contribution in [0.4, 0.5) is 10.5 Å². The number of aromatic nitrogens is 1. The molecule has 3 aliphatic rings. The van der Waals surface area contributed by atoms with Crippen LogP contribution < -0.4 is 21.3 Å². The van der Waals surface area contributed by atoms with E-state index in [9.17, 15) is 24.3 Å². The Labute approximate surface area is 337 Å². The third-order valence-corrected chi connectivity index (χ3v) is 10.9. The second-order valence-corrected chi connectivity index (χ2v) is 16.0. The fourth-order valence-electron chi connectivity index (χ4n) is 6.67. The van der Waals surface area contributed by atoms with Gasteiger partial charge in [0.15, 0.2) is 5.78 Å². The number of ether oxygens (including phenoxy) is 4. The molecular weight excluding hydrogens is 759 g/mol. The second-order valence-electron chi connectivity index (χ2n) is 14.7. The molecule has 0 radical (unpaired) electrons. The molecule has 4 amide bonds. The smallest absolute Gasteiger partial charge is 0.315 e. The van der Waals surface area contributed by atoms with Gasteiger partial charge in [-0.25, -0.2) is 4.79 Å². The summed E-state index contributed by atoms with van der Waals surface area (Å²) >= 11 is 1.89. The van der Waals surface area contributed by atoms with E-state index < -0.39 is 0 Å². The van der Waals surface area contributed by atoms with Crippen LogP contribution in [0, 0.1) is 5.41 Å². The molecule has 314 valence electrons. The van der Waals surface area contributed by atoms with Crippen molar-refractivity contribution in [2.24, 2.45) is 15.5 Å². The molecule has 0 bridgehead atoms. The maximum absolute atomic E-state index is 13.1. The lowest BCUT2D eigenvalue weighted by Gasteiger charge is -2.30. The number of urea groups is 1.